The van der Waals surface area contributed by atoms with Crippen LogP contribution in [0.3, 0.4) is 0 Å². The van der Waals surface area contributed by atoms with E-state index in [1.807, 2.05) is 9.80 Å². The Balaban J connectivity index is 1.36. The molecule has 3 aliphatic heterocycles. The lowest BCUT2D eigenvalue weighted by Gasteiger charge is -2.34. The molecule has 0 spiro atoms. The van der Waals surface area contributed by atoms with Gasteiger partial charge < -0.3 is 14.5 Å². The number of ether oxygens (including phenoxy) is 1. The number of rotatable bonds is 2. The standard InChI is InChI=1S/C16H24N2O3/c19-15(11-3-4-11)18-8-5-12-9-13(21-14(12)10-18)16(20)17-6-1-2-7-17/h11-14H,1-10H2/t12-,13+,14+/m0/s1. The largest absolute Gasteiger partial charge is 0.363 e. The van der Waals surface area contributed by atoms with Crippen LogP contribution in [0.15, 0.2) is 0 Å². The van der Waals surface area contributed by atoms with Crippen molar-refractivity contribution >= 4 is 11.8 Å². The van der Waals surface area contributed by atoms with Crippen molar-refractivity contribution in [2.24, 2.45) is 11.8 Å². The van der Waals surface area contributed by atoms with Crippen molar-refractivity contribution in [1.82, 2.24) is 9.80 Å². The highest BCUT2D eigenvalue weighted by molar-refractivity contribution is 5.82. The van der Waals surface area contributed by atoms with Gasteiger partial charge in [0.1, 0.15) is 6.10 Å². The predicted octanol–water partition coefficient (Wildman–Crippen LogP) is 1.02. The number of carbonyl (C=O) groups excluding carboxylic acids is 2. The van der Waals surface area contributed by atoms with E-state index in [0.717, 1.165) is 58.2 Å². The Labute approximate surface area is 125 Å². The van der Waals surface area contributed by atoms with Crippen LogP contribution in [-0.4, -0.2) is 60.0 Å². The van der Waals surface area contributed by atoms with Gasteiger partial charge in [-0.1, -0.05) is 0 Å². The van der Waals surface area contributed by atoms with Crippen molar-refractivity contribution in [2.75, 3.05) is 26.2 Å². The molecule has 2 amide bonds. The summed E-state index contributed by atoms with van der Waals surface area (Å²) in [5, 5.41) is 0. The van der Waals surface area contributed by atoms with Gasteiger partial charge >= 0.3 is 0 Å². The molecule has 5 nitrogen and oxygen atoms in total. The maximum absolute atomic E-state index is 12.4. The monoisotopic (exact) mass is 292 g/mol. The van der Waals surface area contributed by atoms with Gasteiger partial charge in [0, 0.05) is 32.1 Å². The fourth-order valence-electron chi connectivity index (χ4n) is 4.02. The van der Waals surface area contributed by atoms with E-state index in [2.05, 4.69) is 0 Å². The van der Waals surface area contributed by atoms with Gasteiger partial charge in [-0.15, -0.1) is 0 Å². The van der Waals surface area contributed by atoms with Crippen LogP contribution in [0.2, 0.25) is 0 Å². The summed E-state index contributed by atoms with van der Waals surface area (Å²) in [4.78, 5) is 28.5. The third-order valence-corrected chi connectivity index (χ3v) is 5.48. The van der Waals surface area contributed by atoms with Gasteiger partial charge in [-0.2, -0.15) is 0 Å². The maximum Gasteiger partial charge on any atom is 0.251 e. The maximum atomic E-state index is 12.4. The molecular weight excluding hydrogens is 268 g/mol. The summed E-state index contributed by atoms with van der Waals surface area (Å²) in [5.41, 5.74) is 0. The highest BCUT2D eigenvalue weighted by atomic mass is 16.5. The lowest BCUT2D eigenvalue weighted by Crippen LogP contribution is -2.46. The molecule has 3 atom stereocenters. The summed E-state index contributed by atoms with van der Waals surface area (Å²) in [6, 6.07) is 0. The highest BCUT2D eigenvalue weighted by Crippen LogP contribution is 2.37. The minimum absolute atomic E-state index is 0.0815. The van der Waals surface area contributed by atoms with Crippen LogP contribution in [0.1, 0.15) is 38.5 Å². The first kappa shape index (κ1) is 13.6. The molecule has 0 aromatic rings. The fraction of sp³-hybridized carbons (Fsp3) is 0.875. The molecule has 4 aliphatic rings. The molecule has 3 saturated heterocycles. The first-order chi connectivity index (χ1) is 10.2. The first-order valence-corrected chi connectivity index (χ1v) is 8.45. The molecule has 5 heteroatoms. The number of nitrogens with zero attached hydrogens (tertiary/aromatic N) is 2. The predicted molar refractivity (Wildman–Crippen MR) is 76.5 cm³/mol. The molecule has 1 aliphatic carbocycles. The van der Waals surface area contributed by atoms with Gasteiger partial charge in [-0.05, 0) is 44.4 Å². The molecular formula is C16H24N2O3. The minimum atomic E-state index is -0.255. The molecule has 116 valence electrons. The van der Waals surface area contributed by atoms with E-state index in [9.17, 15) is 9.59 Å². The molecule has 1 saturated carbocycles. The number of carbonyl (C=O) groups is 2. The summed E-state index contributed by atoms with van der Waals surface area (Å²) < 4.78 is 6.04. The van der Waals surface area contributed by atoms with Gasteiger partial charge in [0.15, 0.2) is 0 Å². The van der Waals surface area contributed by atoms with E-state index in [1.54, 1.807) is 0 Å². The molecule has 3 heterocycles. The number of fused-ring (bicyclic) bond motifs is 1. The molecule has 0 aromatic carbocycles. The normalized spacial score (nSPS) is 35.9. The smallest absolute Gasteiger partial charge is 0.251 e. The van der Waals surface area contributed by atoms with Crippen molar-refractivity contribution in [1.29, 1.82) is 0 Å². The molecule has 0 aromatic heterocycles. The molecule has 0 bridgehead atoms. The molecule has 4 rings (SSSR count). The van der Waals surface area contributed by atoms with E-state index in [-0.39, 0.29) is 24.0 Å². The number of amides is 2. The zero-order chi connectivity index (χ0) is 14.4. The Morgan fingerprint density at radius 1 is 0.905 bits per heavy atom. The Kier molecular flexibility index (Phi) is 3.40. The second kappa shape index (κ2) is 5.27. The van der Waals surface area contributed by atoms with Crippen LogP contribution in [0.4, 0.5) is 0 Å². The Hall–Kier alpha value is -1.10. The SMILES string of the molecule is O=C(C1CC1)N1CC[C@H]2C[C@H](C(=O)N3CCCC3)O[C@@H]2C1. The van der Waals surface area contributed by atoms with E-state index in [4.69, 9.17) is 4.74 Å². The summed E-state index contributed by atoms with van der Waals surface area (Å²) in [6.45, 7) is 3.33. The summed E-state index contributed by atoms with van der Waals surface area (Å²) in [5.74, 6) is 1.24. The zero-order valence-electron chi connectivity index (χ0n) is 12.5. The van der Waals surface area contributed by atoms with Crippen molar-refractivity contribution in [3.63, 3.8) is 0 Å². The third-order valence-electron chi connectivity index (χ3n) is 5.48. The topological polar surface area (TPSA) is 49.9 Å². The summed E-state index contributed by atoms with van der Waals surface area (Å²) in [6.07, 6.45) is 6.02. The van der Waals surface area contributed by atoms with Crippen LogP contribution < -0.4 is 0 Å². The van der Waals surface area contributed by atoms with Crippen LogP contribution >= 0.6 is 0 Å². The summed E-state index contributed by atoms with van der Waals surface area (Å²) in [7, 11) is 0. The Morgan fingerprint density at radius 2 is 1.67 bits per heavy atom. The average molecular weight is 292 g/mol. The number of hydrogen-bond acceptors (Lipinski definition) is 3. The van der Waals surface area contributed by atoms with Gasteiger partial charge in [0.2, 0.25) is 5.91 Å². The Morgan fingerprint density at radius 3 is 2.38 bits per heavy atom. The molecule has 21 heavy (non-hydrogen) atoms. The number of likely N-dealkylation sites (tertiary alicyclic amines) is 2. The van der Waals surface area contributed by atoms with Gasteiger partial charge in [0.05, 0.1) is 6.10 Å². The van der Waals surface area contributed by atoms with Crippen molar-refractivity contribution in [3.05, 3.63) is 0 Å². The third kappa shape index (κ3) is 2.56. The fourth-order valence-corrected chi connectivity index (χ4v) is 4.02. The average Bonchev–Trinajstić information content (AvgIpc) is 3.04. The second-order valence-corrected chi connectivity index (χ2v) is 7.04. The van der Waals surface area contributed by atoms with Crippen molar-refractivity contribution < 1.29 is 14.3 Å². The van der Waals surface area contributed by atoms with Gasteiger partial charge in [-0.3, -0.25) is 9.59 Å². The van der Waals surface area contributed by atoms with E-state index in [0.29, 0.717) is 18.4 Å². The second-order valence-electron chi connectivity index (χ2n) is 7.04. The van der Waals surface area contributed by atoms with Gasteiger partial charge in [0.25, 0.3) is 5.91 Å². The van der Waals surface area contributed by atoms with Crippen LogP contribution in [0.25, 0.3) is 0 Å². The van der Waals surface area contributed by atoms with Crippen LogP contribution in [-0.2, 0) is 14.3 Å². The Bertz CT molecular complexity index is 443. The van der Waals surface area contributed by atoms with E-state index in [1.165, 1.54) is 0 Å². The molecule has 0 N–H and O–H groups in total. The lowest BCUT2D eigenvalue weighted by atomic mass is 9.91. The van der Waals surface area contributed by atoms with Crippen LogP contribution in [0, 0.1) is 11.8 Å². The van der Waals surface area contributed by atoms with Gasteiger partial charge in [-0.25, -0.2) is 0 Å². The van der Waals surface area contributed by atoms with Crippen molar-refractivity contribution in [3.8, 4) is 0 Å². The summed E-state index contributed by atoms with van der Waals surface area (Å²) >= 11 is 0. The molecule has 0 radical (unpaired) electrons. The lowest BCUT2D eigenvalue weighted by molar-refractivity contribution is -0.144. The molecule has 4 fully saturated rings. The van der Waals surface area contributed by atoms with E-state index < -0.39 is 0 Å². The number of hydrogen-bond donors (Lipinski definition) is 0. The van der Waals surface area contributed by atoms with Crippen LogP contribution in [0.5, 0.6) is 0 Å². The highest BCUT2D eigenvalue weighted by Gasteiger charge is 2.45. The minimum Gasteiger partial charge on any atom is -0.363 e. The molecule has 0 unspecified atom stereocenters. The van der Waals surface area contributed by atoms with Crippen molar-refractivity contribution in [2.45, 2.75) is 50.7 Å². The number of piperidine rings is 1. The van der Waals surface area contributed by atoms with E-state index >= 15 is 0 Å². The first-order valence-electron chi connectivity index (χ1n) is 8.45. The zero-order valence-corrected chi connectivity index (χ0v) is 12.5. The quantitative estimate of drug-likeness (QED) is 0.763.